The highest BCUT2D eigenvalue weighted by Crippen LogP contribution is 2.15. The lowest BCUT2D eigenvalue weighted by Crippen LogP contribution is -2.50. The van der Waals surface area contributed by atoms with Gasteiger partial charge >= 0.3 is 0 Å². The Hall–Kier alpha value is -1.60. The number of carbonyl (C=O) groups excluding carboxylic acids is 1. The largest absolute Gasteiger partial charge is 0.391 e. The number of ether oxygens (including phenoxy) is 1. The van der Waals surface area contributed by atoms with Gasteiger partial charge in [-0.2, -0.15) is 0 Å². The SMILES string of the molecule is NC(=S)C1CN(C(=O)c2cc(F)ccc2F)CCO1. The molecular formula is C12H12F2N2O2S. The molecule has 0 radical (unpaired) electrons. The van der Waals surface area contributed by atoms with Crippen LogP contribution in [0, 0.1) is 11.6 Å². The van der Waals surface area contributed by atoms with Crippen LogP contribution in [0.1, 0.15) is 10.4 Å². The first-order valence-corrected chi connectivity index (χ1v) is 6.05. The number of thiocarbonyl (C=S) groups is 1. The van der Waals surface area contributed by atoms with Gasteiger partial charge in [0.15, 0.2) is 0 Å². The third kappa shape index (κ3) is 3.05. The lowest BCUT2D eigenvalue weighted by Gasteiger charge is -2.32. The molecule has 1 atom stereocenters. The summed E-state index contributed by atoms with van der Waals surface area (Å²) in [6, 6.07) is 2.76. The Morgan fingerprint density at radius 3 is 2.89 bits per heavy atom. The van der Waals surface area contributed by atoms with Crippen molar-refractivity contribution in [2.45, 2.75) is 6.10 Å². The zero-order valence-corrected chi connectivity index (χ0v) is 10.8. The average molecular weight is 286 g/mol. The molecule has 102 valence electrons. The average Bonchev–Trinajstić information content (AvgIpc) is 2.41. The molecule has 0 spiro atoms. The van der Waals surface area contributed by atoms with Gasteiger partial charge < -0.3 is 15.4 Å². The van der Waals surface area contributed by atoms with Crippen LogP contribution in [0.15, 0.2) is 18.2 Å². The molecule has 0 bridgehead atoms. The number of nitrogens with zero attached hydrogens (tertiary/aromatic N) is 1. The van der Waals surface area contributed by atoms with E-state index in [1.165, 1.54) is 4.90 Å². The van der Waals surface area contributed by atoms with Gasteiger partial charge in [-0.05, 0) is 18.2 Å². The van der Waals surface area contributed by atoms with E-state index >= 15 is 0 Å². The molecule has 0 aliphatic carbocycles. The van der Waals surface area contributed by atoms with Gasteiger partial charge in [-0.3, -0.25) is 4.79 Å². The fourth-order valence-electron chi connectivity index (χ4n) is 1.84. The minimum Gasteiger partial charge on any atom is -0.391 e. The minimum absolute atomic E-state index is 0.136. The molecule has 19 heavy (non-hydrogen) atoms. The maximum Gasteiger partial charge on any atom is 0.257 e. The number of nitrogens with two attached hydrogens (primary N) is 1. The topological polar surface area (TPSA) is 55.6 Å². The summed E-state index contributed by atoms with van der Waals surface area (Å²) in [6.07, 6.45) is -0.552. The molecule has 1 unspecified atom stereocenters. The zero-order chi connectivity index (χ0) is 14.0. The molecule has 1 heterocycles. The van der Waals surface area contributed by atoms with E-state index in [9.17, 15) is 13.6 Å². The van der Waals surface area contributed by atoms with Crippen molar-refractivity contribution in [3.8, 4) is 0 Å². The Morgan fingerprint density at radius 2 is 2.21 bits per heavy atom. The standard InChI is InChI=1S/C12H12F2N2O2S/c13-7-1-2-9(14)8(5-7)12(17)16-3-4-18-10(6-16)11(15)19/h1-2,5,10H,3-4,6H2,(H2,15,19). The molecule has 2 rings (SSSR count). The van der Waals surface area contributed by atoms with E-state index in [1.54, 1.807) is 0 Å². The molecule has 0 saturated carbocycles. The van der Waals surface area contributed by atoms with E-state index in [2.05, 4.69) is 0 Å². The van der Waals surface area contributed by atoms with Crippen molar-refractivity contribution in [3.63, 3.8) is 0 Å². The Kier molecular flexibility index (Phi) is 4.06. The minimum atomic E-state index is -0.759. The predicted octanol–water partition coefficient (Wildman–Crippen LogP) is 1.09. The van der Waals surface area contributed by atoms with E-state index in [4.69, 9.17) is 22.7 Å². The molecule has 1 fully saturated rings. The maximum atomic E-state index is 13.5. The summed E-state index contributed by atoms with van der Waals surface area (Å²) in [5, 5.41) is 0. The second-order valence-corrected chi connectivity index (χ2v) is 4.61. The highest BCUT2D eigenvalue weighted by Gasteiger charge is 2.28. The van der Waals surface area contributed by atoms with E-state index in [0.29, 0.717) is 0 Å². The van der Waals surface area contributed by atoms with Crippen LogP contribution in [0.5, 0.6) is 0 Å². The van der Waals surface area contributed by atoms with Crippen LogP contribution in [0.25, 0.3) is 0 Å². The van der Waals surface area contributed by atoms with Crippen LogP contribution in [0.3, 0.4) is 0 Å². The smallest absolute Gasteiger partial charge is 0.257 e. The summed E-state index contributed by atoms with van der Waals surface area (Å²) in [5.74, 6) is -2.02. The Bertz CT molecular complexity index is 524. The second kappa shape index (κ2) is 5.58. The quantitative estimate of drug-likeness (QED) is 0.827. The number of morpholine rings is 1. The molecule has 1 aromatic rings. The summed E-state index contributed by atoms with van der Waals surface area (Å²) in [5.41, 5.74) is 5.15. The van der Waals surface area contributed by atoms with Gasteiger partial charge in [0.25, 0.3) is 5.91 Å². The number of halogens is 2. The lowest BCUT2D eigenvalue weighted by molar-refractivity contribution is 0.00854. The summed E-state index contributed by atoms with van der Waals surface area (Å²) in [7, 11) is 0. The van der Waals surface area contributed by atoms with Crippen LogP contribution < -0.4 is 5.73 Å². The summed E-state index contributed by atoms with van der Waals surface area (Å²) in [6.45, 7) is 0.683. The van der Waals surface area contributed by atoms with Gasteiger partial charge in [-0.1, -0.05) is 12.2 Å². The third-order valence-electron chi connectivity index (χ3n) is 2.83. The molecule has 1 aromatic carbocycles. The number of rotatable bonds is 2. The highest BCUT2D eigenvalue weighted by atomic mass is 32.1. The summed E-state index contributed by atoms with van der Waals surface area (Å²) < 4.78 is 31.9. The Labute approximate surface area is 114 Å². The normalized spacial score (nSPS) is 19.3. The second-order valence-electron chi connectivity index (χ2n) is 4.14. The monoisotopic (exact) mass is 286 g/mol. The molecule has 0 aromatic heterocycles. The van der Waals surface area contributed by atoms with Crippen LogP contribution in [-0.4, -0.2) is 41.6 Å². The number of hydrogen-bond donors (Lipinski definition) is 1. The molecule has 1 aliphatic heterocycles. The Balaban J connectivity index is 2.19. The molecule has 2 N–H and O–H groups in total. The van der Waals surface area contributed by atoms with Gasteiger partial charge in [0.1, 0.15) is 22.7 Å². The van der Waals surface area contributed by atoms with Crippen molar-refractivity contribution in [2.75, 3.05) is 19.7 Å². The Morgan fingerprint density at radius 1 is 1.47 bits per heavy atom. The van der Waals surface area contributed by atoms with Crippen molar-refractivity contribution in [1.29, 1.82) is 0 Å². The van der Waals surface area contributed by atoms with Crippen LogP contribution in [0.2, 0.25) is 0 Å². The van der Waals surface area contributed by atoms with E-state index in [0.717, 1.165) is 18.2 Å². The fourth-order valence-corrected chi connectivity index (χ4v) is 1.98. The van der Waals surface area contributed by atoms with Crippen molar-refractivity contribution < 1.29 is 18.3 Å². The summed E-state index contributed by atoms with van der Waals surface area (Å²) >= 11 is 4.80. The number of amides is 1. The van der Waals surface area contributed by atoms with Gasteiger partial charge in [0.2, 0.25) is 0 Å². The number of benzene rings is 1. The van der Waals surface area contributed by atoms with Crippen LogP contribution in [-0.2, 0) is 4.74 Å². The number of hydrogen-bond acceptors (Lipinski definition) is 3. The van der Waals surface area contributed by atoms with Crippen LogP contribution >= 0.6 is 12.2 Å². The van der Waals surface area contributed by atoms with Crippen molar-refractivity contribution in [1.82, 2.24) is 4.90 Å². The van der Waals surface area contributed by atoms with Gasteiger partial charge in [-0.25, -0.2) is 8.78 Å². The molecule has 1 aliphatic rings. The first-order chi connectivity index (χ1) is 8.99. The molecule has 1 saturated heterocycles. The molecule has 4 nitrogen and oxygen atoms in total. The van der Waals surface area contributed by atoms with E-state index in [1.807, 2.05) is 0 Å². The first-order valence-electron chi connectivity index (χ1n) is 5.64. The molecule has 7 heteroatoms. The van der Waals surface area contributed by atoms with Gasteiger partial charge in [-0.15, -0.1) is 0 Å². The van der Waals surface area contributed by atoms with Crippen molar-refractivity contribution >= 4 is 23.1 Å². The van der Waals surface area contributed by atoms with Gasteiger partial charge in [0, 0.05) is 6.54 Å². The van der Waals surface area contributed by atoms with E-state index < -0.39 is 23.6 Å². The lowest BCUT2D eigenvalue weighted by atomic mass is 10.1. The van der Waals surface area contributed by atoms with Crippen LogP contribution in [0.4, 0.5) is 8.78 Å². The molecular weight excluding hydrogens is 274 g/mol. The number of carbonyl (C=O) groups is 1. The zero-order valence-electron chi connectivity index (χ0n) is 9.94. The summed E-state index contributed by atoms with van der Waals surface area (Å²) in [4.78, 5) is 13.6. The third-order valence-corrected chi connectivity index (χ3v) is 3.09. The first kappa shape index (κ1) is 13.8. The highest BCUT2D eigenvalue weighted by molar-refractivity contribution is 7.80. The molecule has 1 amide bonds. The fraction of sp³-hybridized carbons (Fsp3) is 0.333. The van der Waals surface area contributed by atoms with E-state index in [-0.39, 0.29) is 30.2 Å². The van der Waals surface area contributed by atoms with Crippen molar-refractivity contribution in [2.24, 2.45) is 5.73 Å². The predicted molar refractivity (Wildman–Crippen MR) is 68.8 cm³/mol. The van der Waals surface area contributed by atoms with Gasteiger partial charge in [0.05, 0.1) is 18.7 Å². The van der Waals surface area contributed by atoms with Crippen molar-refractivity contribution in [3.05, 3.63) is 35.4 Å². The maximum absolute atomic E-state index is 13.5.